The van der Waals surface area contributed by atoms with Crippen molar-refractivity contribution in [1.29, 1.82) is 0 Å². The molecule has 0 saturated heterocycles. The first kappa shape index (κ1) is 39.0. The van der Waals surface area contributed by atoms with Gasteiger partial charge in [-0.25, -0.2) is 0 Å². The number of ether oxygens (including phenoxy) is 1. The smallest absolute Gasteiger partial charge is 0.161 e. The second kappa shape index (κ2) is 23.4. The standard InChI is InChI=1S/C42H64O2/c1-33(2)17-10-18-34(3)19-11-20-35(4)21-12-22-36(5)23-13-24-37(6)25-14-26-38(7)27-15-28-39(8)31-32-40-29-16-30-41(44-9)42(40)43/h16-17,19,21,23,25,27,29-31,43H,10-15,18,20,22,24,26,28,32H2,1-9H3/b34-19+,35-21+,36-23+,37-25+,38-27+,39-31+. The van der Waals surface area contributed by atoms with Gasteiger partial charge in [0.2, 0.25) is 0 Å². The van der Waals surface area contributed by atoms with E-state index >= 15 is 0 Å². The van der Waals surface area contributed by atoms with Gasteiger partial charge in [0, 0.05) is 5.56 Å². The van der Waals surface area contributed by atoms with Crippen LogP contribution in [0.2, 0.25) is 0 Å². The molecule has 0 heterocycles. The lowest BCUT2D eigenvalue weighted by molar-refractivity contribution is 0.371. The Hall–Kier alpha value is -3.00. The van der Waals surface area contributed by atoms with E-state index in [9.17, 15) is 5.11 Å². The van der Waals surface area contributed by atoms with Gasteiger partial charge in [-0.05, 0) is 145 Å². The molecule has 0 unspecified atom stereocenters. The van der Waals surface area contributed by atoms with Gasteiger partial charge in [0.25, 0.3) is 0 Å². The van der Waals surface area contributed by atoms with Gasteiger partial charge < -0.3 is 9.84 Å². The van der Waals surface area contributed by atoms with Crippen molar-refractivity contribution in [3.8, 4) is 11.5 Å². The van der Waals surface area contributed by atoms with Gasteiger partial charge in [-0.2, -0.15) is 0 Å². The van der Waals surface area contributed by atoms with Crippen molar-refractivity contribution in [2.24, 2.45) is 0 Å². The molecule has 2 heteroatoms. The van der Waals surface area contributed by atoms with Crippen LogP contribution in [0.25, 0.3) is 0 Å². The molecule has 0 fully saturated rings. The minimum Gasteiger partial charge on any atom is -0.504 e. The molecule has 1 rings (SSSR count). The first-order valence-electron chi connectivity index (χ1n) is 16.9. The predicted octanol–water partition coefficient (Wildman–Crippen LogP) is 13.3. The zero-order valence-electron chi connectivity index (χ0n) is 29.8. The molecule has 0 aromatic heterocycles. The number of methoxy groups -OCH3 is 1. The van der Waals surface area contributed by atoms with E-state index in [1.54, 1.807) is 13.2 Å². The number of aromatic hydroxyl groups is 1. The van der Waals surface area contributed by atoms with Crippen LogP contribution in [0.4, 0.5) is 0 Å². The third-order valence-electron chi connectivity index (χ3n) is 8.22. The summed E-state index contributed by atoms with van der Waals surface area (Å²) in [5.74, 6) is 0.783. The predicted molar refractivity (Wildman–Crippen MR) is 196 cm³/mol. The van der Waals surface area contributed by atoms with Gasteiger partial charge in [-0.1, -0.05) is 93.7 Å². The molecule has 1 aromatic rings. The van der Waals surface area contributed by atoms with Crippen LogP contribution in [0.5, 0.6) is 11.5 Å². The molecule has 0 bridgehead atoms. The Morgan fingerprint density at radius 2 is 0.864 bits per heavy atom. The first-order valence-corrected chi connectivity index (χ1v) is 16.9. The lowest BCUT2D eigenvalue weighted by atomic mass is 10.0. The zero-order chi connectivity index (χ0) is 32.7. The number of para-hydroxylation sites is 1. The maximum atomic E-state index is 10.3. The third kappa shape index (κ3) is 19.3. The lowest BCUT2D eigenvalue weighted by Crippen LogP contribution is -1.89. The van der Waals surface area contributed by atoms with E-state index in [0.717, 1.165) is 69.8 Å². The highest BCUT2D eigenvalue weighted by atomic mass is 16.5. The maximum Gasteiger partial charge on any atom is 0.161 e. The highest BCUT2D eigenvalue weighted by Gasteiger charge is 2.05. The normalized spacial score (nSPS) is 13.8. The molecule has 0 aliphatic carbocycles. The summed E-state index contributed by atoms with van der Waals surface area (Å²) in [5.41, 5.74) is 11.2. The van der Waals surface area contributed by atoms with Crippen molar-refractivity contribution in [3.05, 3.63) is 105 Å². The fraction of sp³-hybridized carbons (Fsp3) is 0.524. The van der Waals surface area contributed by atoms with Crippen LogP contribution in [-0.4, -0.2) is 12.2 Å². The van der Waals surface area contributed by atoms with Crippen LogP contribution in [0.1, 0.15) is 138 Å². The van der Waals surface area contributed by atoms with E-state index in [0.29, 0.717) is 5.75 Å². The monoisotopic (exact) mass is 600 g/mol. The molecule has 0 spiro atoms. The van der Waals surface area contributed by atoms with Crippen molar-refractivity contribution in [1.82, 2.24) is 0 Å². The average Bonchev–Trinajstić information content (AvgIpc) is 2.96. The summed E-state index contributed by atoms with van der Waals surface area (Å²) in [7, 11) is 1.59. The summed E-state index contributed by atoms with van der Waals surface area (Å²) in [6.07, 6.45) is 31.0. The van der Waals surface area contributed by atoms with Crippen LogP contribution < -0.4 is 4.74 Å². The van der Waals surface area contributed by atoms with Crippen LogP contribution in [0.3, 0.4) is 0 Å². The Labute approximate surface area is 272 Å². The molecule has 0 radical (unpaired) electrons. The highest BCUT2D eigenvalue weighted by molar-refractivity contribution is 5.46. The van der Waals surface area contributed by atoms with Gasteiger partial charge in [0.05, 0.1) is 7.11 Å². The van der Waals surface area contributed by atoms with Crippen LogP contribution in [0.15, 0.2) is 99.7 Å². The largest absolute Gasteiger partial charge is 0.504 e. The van der Waals surface area contributed by atoms with Crippen LogP contribution >= 0.6 is 0 Å². The van der Waals surface area contributed by atoms with E-state index in [4.69, 9.17) is 4.74 Å². The molecule has 2 nitrogen and oxygen atoms in total. The zero-order valence-corrected chi connectivity index (χ0v) is 29.8. The quantitative estimate of drug-likeness (QED) is 0.142. The Kier molecular flexibility index (Phi) is 20.7. The fourth-order valence-corrected chi connectivity index (χ4v) is 5.11. The van der Waals surface area contributed by atoms with Gasteiger partial charge in [0.15, 0.2) is 11.5 Å². The Bertz CT molecular complexity index is 1190. The summed E-state index contributed by atoms with van der Waals surface area (Å²) in [5, 5.41) is 10.3. The molecule has 1 N–H and O–H groups in total. The number of allylic oxidation sites excluding steroid dienone is 14. The second-order valence-corrected chi connectivity index (χ2v) is 13.0. The van der Waals surface area contributed by atoms with Gasteiger partial charge in [-0.3, -0.25) is 0 Å². The van der Waals surface area contributed by atoms with E-state index in [1.807, 2.05) is 12.1 Å². The number of phenols is 1. The summed E-state index contributed by atoms with van der Waals surface area (Å²) in [6.45, 7) is 17.9. The molecule has 44 heavy (non-hydrogen) atoms. The van der Waals surface area contributed by atoms with Crippen molar-refractivity contribution in [2.45, 2.75) is 139 Å². The van der Waals surface area contributed by atoms with Crippen molar-refractivity contribution < 1.29 is 9.84 Å². The summed E-state index contributed by atoms with van der Waals surface area (Å²) >= 11 is 0. The molecule has 0 atom stereocenters. The van der Waals surface area contributed by atoms with Gasteiger partial charge in [0.1, 0.15) is 0 Å². The SMILES string of the molecule is COc1cccc(C/C=C(\C)CC/C=C(\C)CC/C=C(\C)CC/C=C(\C)CC/C=C(\C)CC/C=C(\C)CCC=C(C)C)c1O. The van der Waals surface area contributed by atoms with E-state index in [1.165, 1.54) is 58.3 Å². The molecule has 244 valence electrons. The van der Waals surface area contributed by atoms with Crippen LogP contribution in [-0.2, 0) is 6.42 Å². The molecular weight excluding hydrogens is 536 g/mol. The van der Waals surface area contributed by atoms with Gasteiger partial charge >= 0.3 is 0 Å². The minimum absolute atomic E-state index is 0.248. The molecule has 0 aliphatic heterocycles. The lowest BCUT2D eigenvalue weighted by Gasteiger charge is -2.07. The van der Waals surface area contributed by atoms with Crippen LogP contribution in [0, 0.1) is 0 Å². The number of hydrogen-bond acceptors (Lipinski definition) is 2. The Morgan fingerprint density at radius 1 is 0.523 bits per heavy atom. The third-order valence-corrected chi connectivity index (χ3v) is 8.22. The van der Waals surface area contributed by atoms with E-state index in [-0.39, 0.29) is 5.75 Å². The Balaban J connectivity index is 2.28. The summed E-state index contributed by atoms with van der Waals surface area (Å²) in [4.78, 5) is 0. The topological polar surface area (TPSA) is 29.5 Å². The van der Waals surface area contributed by atoms with Crippen molar-refractivity contribution >= 4 is 0 Å². The number of rotatable bonds is 21. The van der Waals surface area contributed by atoms with Crippen molar-refractivity contribution in [2.75, 3.05) is 7.11 Å². The van der Waals surface area contributed by atoms with E-state index in [2.05, 4.69) is 97.9 Å². The fourth-order valence-electron chi connectivity index (χ4n) is 5.11. The second-order valence-electron chi connectivity index (χ2n) is 13.0. The molecule has 1 aromatic carbocycles. The first-order chi connectivity index (χ1) is 21.0. The molecule has 0 saturated carbocycles. The minimum atomic E-state index is 0.248. The Morgan fingerprint density at radius 3 is 1.20 bits per heavy atom. The molecule has 0 amide bonds. The highest BCUT2D eigenvalue weighted by Crippen LogP contribution is 2.30. The van der Waals surface area contributed by atoms with Crippen molar-refractivity contribution in [3.63, 3.8) is 0 Å². The summed E-state index contributed by atoms with van der Waals surface area (Å²) < 4.78 is 5.21. The average molecular weight is 601 g/mol. The summed E-state index contributed by atoms with van der Waals surface area (Å²) in [6, 6.07) is 5.67. The molecule has 0 aliphatic rings. The number of phenolic OH excluding ortho intramolecular Hbond substituents is 1. The number of benzene rings is 1. The number of hydrogen-bond donors (Lipinski definition) is 1. The van der Waals surface area contributed by atoms with E-state index < -0.39 is 0 Å². The molecular formula is C42H64O2. The van der Waals surface area contributed by atoms with Gasteiger partial charge in [-0.15, -0.1) is 0 Å². The maximum absolute atomic E-state index is 10.3.